The average Bonchev–Trinajstić information content (AvgIpc) is 3.07. The highest BCUT2D eigenvalue weighted by atomic mass is 16.5. The molecule has 3 aromatic carbocycles. The van der Waals surface area contributed by atoms with E-state index in [0.29, 0.717) is 73.7 Å². The van der Waals surface area contributed by atoms with Crippen molar-refractivity contribution in [3.63, 3.8) is 0 Å². The predicted molar refractivity (Wildman–Crippen MR) is 188 cm³/mol. The summed E-state index contributed by atoms with van der Waals surface area (Å²) in [6.07, 6.45) is 2.19. The molecule has 1 aliphatic heterocycles. The van der Waals surface area contributed by atoms with Crippen molar-refractivity contribution >= 4 is 34.8 Å². The van der Waals surface area contributed by atoms with E-state index in [9.17, 15) is 19.5 Å². The molecule has 0 spiro atoms. The van der Waals surface area contributed by atoms with E-state index in [0.717, 1.165) is 11.3 Å². The first-order valence-electron chi connectivity index (χ1n) is 16.6. The maximum atomic E-state index is 13.8. The van der Waals surface area contributed by atoms with Crippen LogP contribution in [0.25, 0.3) is 0 Å². The van der Waals surface area contributed by atoms with Gasteiger partial charge >= 0.3 is 0 Å². The van der Waals surface area contributed by atoms with E-state index in [2.05, 4.69) is 15.5 Å². The topological polar surface area (TPSA) is 146 Å². The number of nitrogen functional groups attached to an aromatic ring is 1. The van der Waals surface area contributed by atoms with Crippen LogP contribution in [0.15, 0.2) is 66.7 Å². The second-order valence-corrected chi connectivity index (χ2v) is 12.6. The lowest BCUT2D eigenvalue weighted by Gasteiger charge is -2.38. The van der Waals surface area contributed by atoms with Gasteiger partial charge in [0.15, 0.2) is 5.75 Å². The number of carbonyl (C=O) groups excluding carboxylic acids is 3. The number of nitrogens with two attached hydrogens (primary N) is 1. The van der Waals surface area contributed by atoms with E-state index in [1.807, 2.05) is 57.3 Å². The quantitative estimate of drug-likeness (QED) is 0.129. The molecule has 258 valence electrons. The number of aliphatic hydroxyl groups is 1. The Kier molecular flexibility index (Phi) is 13.2. The minimum atomic E-state index is -0.394. The van der Waals surface area contributed by atoms with Crippen molar-refractivity contribution in [1.82, 2.24) is 9.80 Å². The molecule has 3 atom stereocenters. The van der Waals surface area contributed by atoms with Crippen LogP contribution in [0, 0.1) is 5.92 Å². The van der Waals surface area contributed by atoms with Gasteiger partial charge in [0.25, 0.3) is 5.91 Å². The Labute approximate surface area is 283 Å². The highest BCUT2D eigenvalue weighted by Gasteiger charge is 2.34. The summed E-state index contributed by atoms with van der Waals surface area (Å²) in [5.74, 6) is 0.473. The largest absolute Gasteiger partial charge is 0.497 e. The second-order valence-electron chi connectivity index (χ2n) is 12.6. The van der Waals surface area contributed by atoms with Gasteiger partial charge in [-0.15, -0.1) is 0 Å². The molecule has 0 aliphatic carbocycles. The van der Waals surface area contributed by atoms with E-state index in [4.69, 9.17) is 15.2 Å². The zero-order chi connectivity index (χ0) is 34.6. The van der Waals surface area contributed by atoms with Gasteiger partial charge in [-0.05, 0) is 68.8 Å². The Hall–Kier alpha value is -4.61. The molecular formula is C37H49N5O6. The number of carbonyl (C=O) groups is 3. The maximum Gasteiger partial charge on any atom is 0.258 e. The highest BCUT2D eigenvalue weighted by Crippen LogP contribution is 2.35. The average molecular weight is 660 g/mol. The number of aliphatic hydroxyl groups excluding tert-OH is 1. The summed E-state index contributed by atoms with van der Waals surface area (Å²) < 4.78 is 11.9. The van der Waals surface area contributed by atoms with Crippen LogP contribution in [0.3, 0.4) is 0 Å². The van der Waals surface area contributed by atoms with E-state index < -0.39 is 6.04 Å². The first-order chi connectivity index (χ1) is 23.1. The Balaban J connectivity index is 1.41. The van der Waals surface area contributed by atoms with Gasteiger partial charge in [-0.3, -0.25) is 19.3 Å². The zero-order valence-electron chi connectivity index (χ0n) is 28.4. The lowest BCUT2D eigenvalue weighted by molar-refractivity contribution is -0.116. The molecule has 0 saturated heterocycles. The van der Waals surface area contributed by atoms with Crippen LogP contribution in [-0.4, -0.2) is 78.6 Å². The van der Waals surface area contributed by atoms with Gasteiger partial charge in [-0.2, -0.15) is 0 Å². The summed E-state index contributed by atoms with van der Waals surface area (Å²) in [4.78, 5) is 43.1. The molecule has 11 heteroatoms. The lowest BCUT2D eigenvalue weighted by Crippen LogP contribution is -2.49. The number of fused-ring (bicyclic) bond motifs is 1. The van der Waals surface area contributed by atoms with Gasteiger partial charge in [0, 0.05) is 38.4 Å². The molecule has 0 bridgehead atoms. The van der Waals surface area contributed by atoms with Crippen LogP contribution in [0.1, 0.15) is 61.9 Å². The first kappa shape index (κ1) is 36.2. The number of benzene rings is 3. The summed E-state index contributed by atoms with van der Waals surface area (Å²) in [7, 11) is 3.66. The van der Waals surface area contributed by atoms with Crippen molar-refractivity contribution in [3.8, 4) is 11.5 Å². The molecule has 0 saturated carbocycles. The number of likely N-dealkylation sites (N-methyl/N-ethyl adjacent to an activating group) is 1. The Bertz CT molecular complexity index is 1530. The molecule has 4 rings (SSSR count). The molecule has 3 aromatic rings. The number of unbranched alkanes of at least 4 members (excludes halogenated alkanes) is 2. The van der Waals surface area contributed by atoms with Crippen molar-refractivity contribution in [2.45, 2.75) is 64.6 Å². The normalized spacial score (nSPS) is 16.7. The molecule has 3 amide bonds. The van der Waals surface area contributed by atoms with Crippen LogP contribution in [0.5, 0.6) is 11.5 Å². The van der Waals surface area contributed by atoms with Crippen molar-refractivity contribution in [1.29, 1.82) is 0 Å². The summed E-state index contributed by atoms with van der Waals surface area (Å²) in [5.41, 5.74) is 8.90. The van der Waals surface area contributed by atoms with Gasteiger partial charge < -0.3 is 35.8 Å². The molecule has 1 aliphatic rings. The van der Waals surface area contributed by atoms with E-state index >= 15 is 0 Å². The van der Waals surface area contributed by atoms with Crippen molar-refractivity contribution in [3.05, 3.63) is 77.9 Å². The summed E-state index contributed by atoms with van der Waals surface area (Å²) in [6.45, 7) is 5.35. The maximum absolute atomic E-state index is 13.8. The van der Waals surface area contributed by atoms with Gasteiger partial charge in [0.2, 0.25) is 11.8 Å². The molecule has 0 fully saturated rings. The zero-order valence-corrected chi connectivity index (χ0v) is 28.4. The third-order valence-electron chi connectivity index (χ3n) is 8.61. The van der Waals surface area contributed by atoms with Crippen molar-refractivity contribution in [2.75, 3.05) is 50.2 Å². The second kappa shape index (κ2) is 17.5. The van der Waals surface area contributed by atoms with Gasteiger partial charge in [0.05, 0.1) is 42.4 Å². The SMILES string of the molecule is COc1ccc(CN(C)C[C@H]2Oc3c(NC(=O)CCCCCC(=O)Nc4ccccc4N)cccc3C(=O)N([C@@H](C)CO)C[C@@H]2C)cc1. The molecule has 1 heterocycles. The number of amides is 3. The minimum Gasteiger partial charge on any atom is -0.497 e. The number of nitrogens with zero attached hydrogens (tertiary/aromatic N) is 2. The predicted octanol–water partition coefficient (Wildman–Crippen LogP) is 5.16. The molecular weight excluding hydrogens is 610 g/mol. The fourth-order valence-corrected chi connectivity index (χ4v) is 5.76. The first-order valence-corrected chi connectivity index (χ1v) is 16.6. The molecule has 0 radical (unpaired) electrons. The molecule has 48 heavy (non-hydrogen) atoms. The summed E-state index contributed by atoms with van der Waals surface area (Å²) in [6, 6.07) is 19.8. The number of para-hydroxylation sites is 3. The van der Waals surface area contributed by atoms with Crippen LogP contribution in [-0.2, 0) is 16.1 Å². The number of nitrogens with one attached hydrogen (secondary N) is 2. The Morgan fingerprint density at radius 2 is 1.65 bits per heavy atom. The molecule has 5 N–H and O–H groups in total. The van der Waals surface area contributed by atoms with Crippen LogP contribution < -0.4 is 25.8 Å². The van der Waals surface area contributed by atoms with Gasteiger partial charge in [-0.1, -0.05) is 43.7 Å². The summed E-state index contributed by atoms with van der Waals surface area (Å²) in [5, 5.41) is 15.8. The van der Waals surface area contributed by atoms with E-state index in [-0.39, 0.29) is 42.8 Å². The number of ether oxygens (including phenoxy) is 2. The fourth-order valence-electron chi connectivity index (χ4n) is 5.76. The number of rotatable bonds is 15. The van der Waals surface area contributed by atoms with Crippen molar-refractivity contribution in [2.24, 2.45) is 5.92 Å². The molecule has 11 nitrogen and oxygen atoms in total. The van der Waals surface area contributed by atoms with E-state index in [1.165, 1.54) is 0 Å². The fraction of sp³-hybridized carbons (Fsp3) is 0.432. The number of anilines is 3. The highest BCUT2D eigenvalue weighted by molar-refractivity contribution is 6.01. The number of hydrogen-bond donors (Lipinski definition) is 4. The molecule has 0 aromatic heterocycles. The third kappa shape index (κ3) is 9.95. The van der Waals surface area contributed by atoms with Gasteiger partial charge in [0.1, 0.15) is 11.9 Å². The Morgan fingerprint density at radius 1 is 1.00 bits per heavy atom. The van der Waals surface area contributed by atoms with Crippen LogP contribution in [0.4, 0.5) is 17.1 Å². The standard InChI is InChI=1S/C37H49N5O6/c1-25-21-42(26(2)24-43)37(46)29-11-10-14-32(36(29)48-33(25)23-41(3)22-27-17-19-28(47-4)20-18-27)40-35(45)16-7-5-6-15-34(44)39-31-13-9-8-12-30(31)38/h8-14,17-20,25-26,33,43H,5-7,15-16,21-24,38H2,1-4H3,(H,39,44)(H,40,45)/t25-,26-,33+/m0/s1. The summed E-state index contributed by atoms with van der Waals surface area (Å²) >= 11 is 0. The minimum absolute atomic E-state index is 0.0753. The van der Waals surface area contributed by atoms with Crippen LogP contribution >= 0.6 is 0 Å². The molecule has 0 unspecified atom stereocenters. The lowest BCUT2D eigenvalue weighted by atomic mass is 9.98. The number of methoxy groups -OCH3 is 1. The van der Waals surface area contributed by atoms with Gasteiger partial charge in [-0.25, -0.2) is 0 Å². The number of hydrogen-bond acceptors (Lipinski definition) is 8. The van der Waals surface area contributed by atoms with E-state index in [1.54, 1.807) is 42.3 Å². The Morgan fingerprint density at radius 3 is 2.29 bits per heavy atom. The van der Waals surface area contributed by atoms with Crippen LogP contribution in [0.2, 0.25) is 0 Å². The third-order valence-corrected chi connectivity index (χ3v) is 8.61. The van der Waals surface area contributed by atoms with Crippen molar-refractivity contribution < 1.29 is 29.0 Å². The monoisotopic (exact) mass is 659 g/mol. The smallest absolute Gasteiger partial charge is 0.258 e.